The molecule has 31 heavy (non-hydrogen) atoms. The van der Waals surface area contributed by atoms with E-state index < -0.39 is 17.7 Å². The number of phenols is 1. The Labute approximate surface area is 184 Å². The molecule has 6 nitrogen and oxygen atoms in total. The number of amides is 1. The van der Waals surface area contributed by atoms with Crippen molar-refractivity contribution in [2.75, 3.05) is 27.2 Å². The van der Waals surface area contributed by atoms with Gasteiger partial charge in [0.15, 0.2) is 0 Å². The second-order valence-corrected chi connectivity index (χ2v) is 8.83. The smallest absolute Gasteiger partial charge is 0.295 e. The zero-order valence-electron chi connectivity index (χ0n) is 17.4. The lowest BCUT2D eigenvalue weighted by Gasteiger charge is -2.24. The lowest BCUT2D eigenvalue weighted by Crippen LogP contribution is -2.32. The molecular formula is C24H24N2O4S. The van der Waals surface area contributed by atoms with Crippen molar-refractivity contribution in [1.82, 2.24) is 9.80 Å². The number of thiophene rings is 1. The number of rotatable bonds is 6. The molecule has 7 heteroatoms. The molecule has 0 bridgehead atoms. The molecule has 160 valence electrons. The van der Waals surface area contributed by atoms with E-state index in [1.54, 1.807) is 24.3 Å². The van der Waals surface area contributed by atoms with Gasteiger partial charge in [-0.2, -0.15) is 0 Å². The number of fused-ring (bicyclic) bond motifs is 1. The minimum atomic E-state index is -0.728. The monoisotopic (exact) mass is 436 g/mol. The fourth-order valence-electron chi connectivity index (χ4n) is 4.00. The average Bonchev–Trinajstić information content (AvgIpc) is 3.36. The summed E-state index contributed by atoms with van der Waals surface area (Å²) < 4.78 is 0. The Hall–Kier alpha value is -3.16. The van der Waals surface area contributed by atoms with Crippen LogP contribution in [0.25, 0.3) is 16.5 Å². The summed E-state index contributed by atoms with van der Waals surface area (Å²) in [5.41, 5.74) is 0.162. The quantitative estimate of drug-likeness (QED) is 0.347. The number of aromatic hydroxyl groups is 1. The Balaban J connectivity index is 1.83. The van der Waals surface area contributed by atoms with Crippen LogP contribution in [0.1, 0.15) is 22.9 Å². The summed E-state index contributed by atoms with van der Waals surface area (Å²) in [6.07, 6.45) is 0.698. The van der Waals surface area contributed by atoms with Crippen LogP contribution in [-0.2, 0) is 9.59 Å². The first-order valence-electron chi connectivity index (χ1n) is 10.1. The Bertz CT molecular complexity index is 1170. The van der Waals surface area contributed by atoms with E-state index >= 15 is 0 Å². The third kappa shape index (κ3) is 3.82. The lowest BCUT2D eigenvalue weighted by atomic mass is 9.97. The van der Waals surface area contributed by atoms with Crippen molar-refractivity contribution >= 4 is 39.6 Å². The predicted octanol–water partition coefficient (Wildman–Crippen LogP) is 3.98. The van der Waals surface area contributed by atoms with Crippen molar-refractivity contribution in [1.29, 1.82) is 0 Å². The molecule has 2 N–H and O–H groups in total. The summed E-state index contributed by atoms with van der Waals surface area (Å²) in [5, 5.41) is 25.2. The van der Waals surface area contributed by atoms with E-state index in [9.17, 15) is 19.8 Å². The Kier molecular flexibility index (Phi) is 5.80. The fourth-order valence-corrected chi connectivity index (χ4v) is 4.85. The molecule has 0 spiro atoms. The van der Waals surface area contributed by atoms with Gasteiger partial charge in [0.1, 0.15) is 11.5 Å². The summed E-state index contributed by atoms with van der Waals surface area (Å²) in [6.45, 7) is 1.16. The molecule has 2 aromatic carbocycles. The van der Waals surface area contributed by atoms with Gasteiger partial charge in [0.25, 0.3) is 11.7 Å². The molecule has 2 heterocycles. The van der Waals surface area contributed by atoms with Crippen LogP contribution in [0.4, 0.5) is 0 Å². The first-order chi connectivity index (χ1) is 14.9. The molecule has 1 fully saturated rings. The van der Waals surface area contributed by atoms with Crippen molar-refractivity contribution < 1.29 is 19.8 Å². The van der Waals surface area contributed by atoms with E-state index in [0.29, 0.717) is 18.4 Å². The number of carbonyl (C=O) groups is 2. The van der Waals surface area contributed by atoms with Crippen LogP contribution in [0, 0.1) is 0 Å². The maximum atomic E-state index is 13.0. The first kappa shape index (κ1) is 21.1. The van der Waals surface area contributed by atoms with Gasteiger partial charge in [0.2, 0.25) is 0 Å². The normalized spacial score (nSPS) is 18.4. The SMILES string of the molecule is CN(C)CCCN1C(=O)C(=O)C(=C(O)c2ccc3ccccc3c2O)[C@H]1c1cccs1. The zero-order valence-corrected chi connectivity index (χ0v) is 18.2. The van der Waals surface area contributed by atoms with Crippen molar-refractivity contribution in [3.8, 4) is 5.75 Å². The number of carbonyl (C=O) groups excluding carboxylic acids is 2. The maximum Gasteiger partial charge on any atom is 0.295 e. The number of nitrogens with zero attached hydrogens (tertiary/aromatic N) is 2. The van der Waals surface area contributed by atoms with E-state index in [1.807, 2.05) is 48.6 Å². The molecule has 0 radical (unpaired) electrons. The topological polar surface area (TPSA) is 81.1 Å². The highest BCUT2D eigenvalue weighted by molar-refractivity contribution is 7.10. The average molecular weight is 437 g/mol. The summed E-state index contributed by atoms with van der Waals surface area (Å²) in [7, 11) is 3.90. The molecule has 1 amide bonds. The van der Waals surface area contributed by atoms with Crippen molar-refractivity contribution in [3.05, 3.63) is 69.9 Å². The third-order valence-electron chi connectivity index (χ3n) is 5.51. The molecule has 1 saturated heterocycles. The van der Waals surface area contributed by atoms with Gasteiger partial charge >= 0.3 is 0 Å². The van der Waals surface area contributed by atoms with E-state index in [1.165, 1.54) is 16.2 Å². The molecule has 3 aromatic rings. The second-order valence-electron chi connectivity index (χ2n) is 7.85. The Morgan fingerprint density at radius 3 is 2.58 bits per heavy atom. The molecule has 0 unspecified atom stereocenters. The standard InChI is InChI=1S/C24H24N2O4S/c1-25(2)12-6-13-26-20(18-9-5-14-31-18)19(23(29)24(26)30)22(28)17-11-10-15-7-3-4-8-16(15)21(17)27/h3-5,7-11,14,20,27-28H,6,12-13H2,1-2H3/t20-/m1/s1. The summed E-state index contributed by atoms with van der Waals surface area (Å²) in [4.78, 5) is 30.2. The number of aliphatic hydroxyl groups is 1. The second kappa shape index (κ2) is 8.53. The van der Waals surface area contributed by atoms with Gasteiger partial charge in [0.05, 0.1) is 17.2 Å². The third-order valence-corrected chi connectivity index (χ3v) is 6.44. The van der Waals surface area contributed by atoms with Gasteiger partial charge in [-0.25, -0.2) is 0 Å². The summed E-state index contributed by atoms with van der Waals surface area (Å²) in [5.74, 6) is -1.82. The van der Waals surface area contributed by atoms with Crippen LogP contribution in [0.15, 0.2) is 59.5 Å². The van der Waals surface area contributed by atoms with Crippen LogP contribution in [0.2, 0.25) is 0 Å². The van der Waals surface area contributed by atoms with Crippen LogP contribution in [0.5, 0.6) is 5.75 Å². The molecule has 0 saturated carbocycles. The molecule has 1 atom stereocenters. The van der Waals surface area contributed by atoms with Crippen molar-refractivity contribution in [3.63, 3.8) is 0 Å². The highest BCUT2D eigenvalue weighted by atomic mass is 32.1. The number of ketones is 1. The fraction of sp³-hybridized carbons (Fsp3) is 0.250. The molecule has 0 aliphatic carbocycles. The van der Waals surface area contributed by atoms with Gasteiger partial charge in [-0.05, 0) is 50.0 Å². The van der Waals surface area contributed by atoms with Crippen LogP contribution < -0.4 is 0 Å². The molecule has 1 aromatic heterocycles. The van der Waals surface area contributed by atoms with Gasteiger partial charge < -0.3 is 20.0 Å². The van der Waals surface area contributed by atoms with E-state index in [-0.39, 0.29) is 22.6 Å². The number of benzene rings is 2. The maximum absolute atomic E-state index is 13.0. The molecular weight excluding hydrogens is 412 g/mol. The summed E-state index contributed by atoms with van der Waals surface area (Å²) >= 11 is 1.43. The minimum Gasteiger partial charge on any atom is -0.507 e. The van der Waals surface area contributed by atoms with E-state index in [2.05, 4.69) is 0 Å². The number of hydrogen-bond donors (Lipinski definition) is 2. The van der Waals surface area contributed by atoms with Gasteiger partial charge in [0, 0.05) is 16.8 Å². The number of Topliss-reactive ketones (excluding diaryl/α,β-unsaturated/α-hetero) is 1. The Morgan fingerprint density at radius 2 is 1.87 bits per heavy atom. The molecule has 1 aliphatic rings. The van der Waals surface area contributed by atoms with Crippen LogP contribution in [0.3, 0.4) is 0 Å². The number of phenolic OH excluding ortho intramolecular Hbond substituents is 1. The molecule has 1 aliphatic heterocycles. The number of hydrogen-bond acceptors (Lipinski definition) is 6. The highest BCUT2D eigenvalue weighted by Gasteiger charge is 2.46. The van der Waals surface area contributed by atoms with E-state index in [4.69, 9.17) is 0 Å². The van der Waals surface area contributed by atoms with Crippen LogP contribution in [-0.4, -0.2) is 58.9 Å². The van der Waals surface area contributed by atoms with Gasteiger partial charge in [-0.3, -0.25) is 9.59 Å². The largest absolute Gasteiger partial charge is 0.507 e. The van der Waals surface area contributed by atoms with E-state index in [0.717, 1.165) is 16.8 Å². The van der Waals surface area contributed by atoms with Gasteiger partial charge in [-0.15, -0.1) is 11.3 Å². The number of aliphatic hydroxyl groups excluding tert-OH is 1. The highest BCUT2D eigenvalue weighted by Crippen LogP contribution is 2.43. The number of likely N-dealkylation sites (tertiary alicyclic amines) is 1. The Morgan fingerprint density at radius 1 is 1.10 bits per heavy atom. The lowest BCUT2D eigenvalue weighted by molar-refractivity contribution is -0.139. The van der Waals surface area contributed by atoms with Gasteiger partial charge in [-0.1, -0.05) is 36.4 Å². The first-order valence-corrected chi connectivity index (χ1v) is 11.0. The minimum absolute atomic E-state index is 0.0166. The summed E-state index contributed by atoms with van der Waals surface area (Å²) in [6, 6.07) is 13.6. The zero-order chi connectivity index (χ0) is 22.1. The molecule has 4 rings (SSSR count). The predicted molar refractivity (Wildman–Crippen MR) is 122 cm³/mol. The van der Waals surface area contributed by atoms with Crippen LogP contribution >= 0.6 is 11.3 Å². The van der Waals surface area contributed by atoms with Crippen molar-refractivity contribution in [2.45, 2.75) is 12.5 Å². The van der Waals surface area contributed by atoms with Crippen molar-refractivity contribution in [2.24, 2.45) is 0 Å².